The molecule has 126 valence electrons. The quantitative estimate of drug-likeness (QED) is 0.790. The van der Waals surface area contributed by atoms with Gasteiger partial charge in [-0.1, -0.05) is 25.1 Å². The van der Waals surface area contributed by atoms with Gasteiger partial charge in [-0.3, -0.25) is 9.59 Å². The highest BCUT2D eigenvalue weighted by Gasteiger charge is 2.42. The molecule has 0 heterocycles. The second kappa shape index (κ2) is 7.17. The Bertz CT molecular complexity index is 736. The van der Waals surface area contributed by atoms with Crippen molar-refractivity contribution in [2.24, 2.45) is 0 Å². The first-order chi connectivity index (χ1) is 11.5. The van der Waals surface area contributed by atoms with Gasteiger partial charge in [0.15, 0.2) is 6.29 Å². The number of hydrogen-bond acceptors (Lipinski definition) is 4. The molecule has 2 aromatic rings. The number of carbonyl (C=O) groups excluding carboxylic acids is 1. The molecule has 5 nitrogen and oxygen atoms in total. The summed E-state index contributed by atoms with van der Waals surface area (Å²) in [6, 6.07) is 11.7. The van der Waals surface area contributed by atoms with E-state index in [1.54, 1.807) is 56.5 Å². The molecule has 2 aromatic carbocycles. The van der Waals surface area contributed by atoms with Gasteiger partial charge in [0, 0.05) is 5.56 Å². The lowest BCUT2D eigenvalue weighted by Crippen LogP contribution is -2.37. The van der Waals surface area contributed by atoms with E-state index in [2.05, 4.69) is 0 Å². The minimum atomic E-state index is -1.32. The van der Waals surface area contributed by atoms with Crippen molar-refractivity contribution >= 4 is 12.3 Å². The number of carbonyl (C=O) groups is 2. The summed E-state index contributed by atoms with van der Waals surface area (Å²) in [5.74, 6) is 0.133. The van der Waals surface area contributed by atoms with Crippen LogP contribution in [-0.4, -0.2) is 31.6 Å². The Kier molecular flexibility index (Phi) is 5.24. The summed E-state index contributed by atoms with van der Waals surface area (Å²) >= 11 is 0. The minimum absolute atomic E-state index is 0.293. The molecular formula is C19H20O5. The van der Waals surface area contributed by atoms with Gasteiger partial charge in [0.2, 0.25) is 0 Å². The normalized spacial score (nSPS) is 13.0. The van der Waals surface area contributed by atoms with Crippen LogP contribution in [0.4, 0.5) is 0 Å². The highest BCUT2D eigenvalue weighted by atomic mass is 16.5. The van der Waals surface area contributed by atoms with Gasteiger partial charge in [-0.15, -0.1) is 0 Å². The number of carboxylic acids is 1. The molecule has 0 amide bonds. The Morgan fingerprint density at radius 2 is 1.67 bits per heavy atom. The minimum Gasteiger partial charge on any atom is -0.497 e. The molecule has 0 radical (unpaired) electrons. The van der Waals surface area contributed by atoms with Gasteiger partial charge in [-0.2, -0.15) is 0 Å². The molecule has 0 aliphatic heterocycles. The van der Waals surface area contributed by atoms with E-state index in [0.29, 0.717) is 40.9 Å². The van der Waals surface area contributed by atoms with E-state index in [-0.39, 0.29) is 0 Å². The van der Waals surface area contributed by atoms with Gasteiger partial charge in [0.1, 0.15) is 16.9 Å². The van der Waals surface area contributed by atoms with Crippen LogP contribution in [0.25, 0.3) is 0 Å². The number of aldehydes is 1. The number of carboxylic acid groups (broad SMARTS) is 1. The van der Waals surface area contributed by atoms with Gasteiger partial charge in [-0.05, 0) is 41.8 Å². The first-order valence-corrected chi connectivity index (χ1v) is 7.55. The zero-order valence-corrected chi connectivity index (χ0v) is 13.9. The lowest BCUT2D eigenvalue weighted by atomic mass is 9.71. The highest BCUT2D eigenvalue weighted by molar-refractivity contribution is 5.91. The van der Waals surface area contributed by atoms with E-state index >= 15 is 0 Å². The Hall–Kier alpha value is -2.82. The van der Waals surface area contributed by atoms with Crippen LogP contribution in [0, 0.1) is 0 Å². The zero-order valence-electron chi connectivity index (χ0n) is 13.9. The fourth-order valence-electron chi connectivity index (χ4n) is 2.97. The van der Waals surface area contributed by atoms with Crippen LogP contribution in [0.3, 0.4) is 0 Å². The molecule has 2 rings (SSSR count). The van der Waals surface area contributed by atoms with Crippen molar-refractivity contribution in [1.82, 2.24) is 0 Å². The van der Waals surface area contributed by atoms with E-state index in [1.807, 2.05) is 0 Å². The smallest absolute Gasteiger partial charge is 0.318 e. The summed E-state index contributed by atoms with van der Waals surface area (Å²) in [4.78, 5) is 23.8. The van der Waals surface area contributed by atoms with Crippen LogP contribution in [-0.2, 0) is 10.2 Å². The number of methoxy groups -OCH3 is 2. The second-order valence-corrected chi connectivity index (χ2v) is 5.36. The third-order valence-electron chi connectivity index (χ3n) is 4.32. The van der Waals surface area contributed by atoms with Crippen LogP contribution in [0.1, 0.15) is 34.8 Å². The molecule has 0 aliphatic carbocycles. The maximum Gasteiger partial charge on any atom is 0.318 e. The van der Waals surface area contributed by atoms with Crippen LogP contribution in [0.5, 0.6) is 11.5 Å². The van der Waals surface area contributed by atoms with Crippen molar-refractivity contribution in [3.63, 3.8) is 0 Å². The average Bonchev–Trinajstić information content (AvgIpc) is 2.63. The predicted octanol–water partition coefficient (Wildman–Crippen LogP) is 3.30. The maximum atomic E-state index is 12.3. The SMILES string of the molecule is CCC(C(=O)O)(c1ccc(OC)cc1)c1ccc(OC)cc1C=O. The number of rotatable bonds is 7. The Morgan fingerprint density at radius 1 is 1.08 bits per heavy atom. The van der Waals surface area contributed by atoms with E-state index in [0.717, 1.165) is 0 Å². The number of ether oxygens (including phenoxy) is 2. The summed E-state index contributed by atoms with van der Waals surface area (Å²) < 4.78 is 10.3. The third kappa shape index (κ3) is 2.85. The summed E-state index contributed by atoms with van der Waals surface area (Å²) in [5, 5.41) is 10.0. The molecule has 0 aliphatic rings. The molecule has 5 heteroatoms. The molecule has 1 N–H and O–H groups in total. The van der Waals surface area contributed by atoms with E-state index in [1.165, 1.54) is 7.11 Å². The van der Waals surface area contributed by atoms with E-state index in [4.69, 9.17) is 9.47 Å². The van der Waals surface area contributed by atoms with Crippen molar-refractivity contribution in [3.05, 3.63) is 59.2 Å². The summed E-state index contributed by atoms with van der Waals surface area (Å²) in [6.07, 6.45) is 0.955. The van der Waals surface area contributed by atoms with Gasteiger partial charge >= 0.3 is 5.97 Å². The largest absolute Gasteiger partial charge is 0.497 e. The van der Waals surface area contributed by atoms with Gasteiger partial charge in [0.05, 0.1) is 14.2 Å². The highest BCUT2D eigenvalue weighted by Crippen LogP contribution is 2.39. The molecule has 0 fully saturated rings. The molecular weight excluding hydrogens is 308 g/mol. The first-order valence-electron chi connectivity index (χ1n) is 7.55. The lowest BCUT2D eigenvalue weighted by molar-refractivity contribution is -0.142. The first kappa shape index (κ1) is 17.5. The van der Waals surface area contributed by atoms with Gasteiger partial charge in [0.25, 0.3) is 0 Å². The Morgan fingerprint density at radius 3 is 2.12 bits per heavy atom. The fourth-order valence-corrected chi connectivity index (χ4v) is 2.97. The molecule has 1 unspecified atom stereocenters. The van der Waals surface area contributed by atoms with Crippen LogP contribution >= 0.6 is 0 Å². The monoisotopic (exact) mass is 328 g/mol. The Labute approximate surface area is 140 Å². The standard InChI is InChI=1S/C19H20O5/c1-4-19(18(21)22,14-5-7-15(23-2)8-6-14)17-10-9-16(24-3)11-13(17)12-20/h5-12H,4H2,1-3H3,(H,21,22). The van der Waals surface area contributed by atoms with Crippen molar-refractivity contribution in [1.29, 1.82) is 0 Å². The molecule has 0 aromatic heterocycles. The molecule has 0 saturated carbocycles. The van der Waals surface area contributed by atoms with Crippen LogP contribution < -0.4 is 9.47 Å². The summed E-state index contributed by atoms with van der Waals surface area (Å²) in [7, 11) is 3.05. The average molecular weight is 328 g/mol. The van der Waals surface area contributed by atoms with E-state index < -0.39 is 11.4 Å². The third-order valence-corrected chi connectivity index (χ3v) is 4.32. The summed E-state index contributed by atoms with van der Waals surface area (Å²) in [6.45, 7) is 1.79. The fraction of sp³-hybridized carbons (Fsp3) is 0.263. The second-order valence-electron chi connectivity index (χ2n) is 5.36. The van der Waals surface area contributed by atoms with Crippen molar-refractivity contribution in [2.75, 3.05) is 14.2 Å². The lowest BCUT2D eigenvalue weighted by Gasteiger charge is -2.31. The number of hydrogen-bond donors (Lipinski definition) is 1. The Balaban J connectivity index is 2.72. The molecule has 0 saturated heterocycles. The van der Waals surface area contributed by atoms with Crippen molar-refractivity contribution < 1.29 is 24.2 Å². The van der Waals surface area contributed by atoms with Gasteiger partial charge < -0.3 is 14.6 Å². The number of benzene rings is 2. The number of aliphatic carboxylic acids is 1. The topological polar surface area (TPSA) is 72.8 Å². The van der Waals surface area contributed by atoms with Crippen molar-refractivity contribution in [2.45, 2.75) is 18.8 Å². The predicted molar refractivity (Wildman–Crippen MR) is 90.1 cm³/mol. The van der Waals surface area contributed by atoms with Crippen LogP contribution in [0.15, 0.2) is 42.5 Å². The zero-order chi connectivity index (χ0) is 17.7. The summed E-state index contributed by atoms with van der Waals surface area (Å²) in [5.41, 5.74) is 0.00821. The van der Waals surface area contributed by atoms with E-state index in [9.17, 15) is 14.7 Å². The molecule has 24 heavy (non-hydrogen) atoms. The van der Waals surface area contributed by atoms with Crippen molar-refractivity contribution in [3.8, 4) is 11.5 Å². The molecule has 0 spiro atoms. The van der Waals surface area contributed by atoms with Crippen LogP contribution in [0.2, 0.25) is 0 Å². The van der Waals surface area contributed by atoms with Gasteiger partial charge in [-0.25, -0.2) is 0 Å². The maximum absolute atomic E-state index is 12.3. The molecule has 0 bridgehead atoms. The molecule has 1 atom stereocenters.